The molecule has 0 aliphatic rings. The molecule has 5 heteroatoms. The molecule has 0 unspecified atom stereocenters. The Hall–Kier alpha value is -1.57. The van der Waals surface area contributed by atoms with Gasteiger partial charge in [0.05, 0.1) is 12.6 Å². The molecule has 0 aliphatic heterocycles. The Kier molecular flexibility index (Phi) is 4.46. The van der Waals surface area contributed by atoms with Gasteiger partial charge in [-0.3, -0.25) is 9.59 Å². The van der Waals surface area contributed by atoms with Crippen LogP contribution in [-0.2, 0) is 9.59 Å². The van der Waals surface area contributed by atoms with Crippen molar-refractivity contribution in [2.24, 2.45) is 0 Å². The smallest absolute Gasteiger partial charge is 0.239 e. The summed E-state index contributed by atoms with van der Waals surface area (Å²) >= 11 is 0. The van der Waals surface area contributed by atoms with Crippen LogP contribution in [0.2, 0.25) is 0 Å². The SMILES string of the molecule is CNC(=O)CN(C)C(=O)CC#N. The molecule has 0 radical (unpaired) electrons. The van der Waals surface area contributed by atoms with E-state index in [1.165, 1.54) is 19.0 Å². The van der Waals surface area contributed by atoms with Crippen LogP contribution in [0, 0.1) is 11.3 Å². The second kappa shape index (κ2) is 5.13. The lowest BCUT2D eigenvalue weighted by Gasteiger charge is -2.13. The quantitative estimate of drug-likeness (QED) is 0.595. The molecule has 0 atom stereocenters. The van der Waals surface area contributed by atoms with Gasteiger partial charge in [-0.05, 0) is 0 Å². The maximum absolute atomic E-state index is 10.9. The van der Waals surface area contributed by atoms with Crippen LogP contribution in [0.5, 0.6) is 0 Å². The number of likely N-dealkylation sites (N-methyl/N-ethyl adjacent to an activating group) is 2. The van der Waals surface area contributed by atoms with Crippen molar-refractivity contribution in [1.29, 1.82) is 5.26 Å². The highest BCUT2D eigenvalue weighted by atomic mass is 16.2. The number of carbonyl (C=O) groups is 2. The van der Waals surface area contributed by atoms with E-state index in [-0.39, 0.29) is 24.8 Å². The molecule has 66 valence electrons. The van der Waals surface area contributed by atoms with Gasteiger partial charge in [-0.25, -0.2) is 0 Å². The number of nitrogens with one attached hydrogen (secondary N) is 1. The predicted molar refractivity (Wildman–Crippen MR) is 41.9 cm³/mol. The highest BCUT2D eigenvalue weighted by Gasteiger charge is 2.10. The van der Waals surface area contributed by atoms with Crippen molar-refractivity contribution >= 4 is 11.8 Å². The first kappa shape index (κ1) is 10.4. The number of hydrogen-bond donors (Lipinski definition) is 1. The van der Waals surface area contributed by atoms with E-state index < -0.39 is 0 Å². The Bertz CT molecular complexity index is 219. The van der Waals surface area contributed by atoms with Crippen LogP contribution >= 0.6 is 0 Å². The highest BCUT2D eigenvalue weighted by molar-refractivity contribution is 5.85. The van der Waals surface area contributed by atoms with Gasteiger partial charge in [0.2, 0.25) is 11.8 Å². The fraction of sp³-hybridized carbons (Fsp3) is 0.571. The summed E-state index contributed by atoms with van der Waals surface area (Å²) < 4.78 is 0. The summed E-state index contributed by atoms with van der Waals surface area (Å²) in [6.45, 7) is -0.00296. The van der Waals surface area contributed by atoms with Crippen molar-refractivity contribution in [1.82, 2.24) is 10.2 Å². The van der Waals surface area contributed by atoms with E-state index >= 15 is 0 Å². The molecule has 0 aromatic rings. The van der Waals surface area contributed by atoms with Crippen molar-refractivity contribution in [3.8, 4) is 6.07 Å². The molecular formula is C7H11N3O2. The lowest BCUT2D eigenvalue weighted by molar-refractivity contribution is -0.133. The van der Waals surface area contributed by atoms with E-state index in [0.717, 1.165) is 0 Å². The van der Waals surface area contributed by atoms with E-state index in [9.17, 15) is 9.59 Å². The van der Waals surface area contributed by atoms with Gasteiger partial charge in [-0.1, -0.05) is 0 Å². The van der Waals surface area contributed by atoms with E-state index in [0.29, 0.717) is 0 Å². The van der Waals surface area contributed by atoms with Gasteiger partial charge in [-0.15, -0.1) is 0 Å². The van der Waals surface area contributed by atoms with Crippen LogP contribution in [0.15, 0.2) is 0 Å². The van der Waals surface area contributed by atoms with Gasteiger partial charge in [0.1, 0.15) is 6.42 Å². The molecule has 12 heavy (non-hydrogen) atoms. The Morgan fingerprint density at radius 1 is 1.58 bits per heavy atom. The van der Waals surface area contributed by atoms with Gasteiger partial charge >= 0.3 is 0 Å². The van der Waals surface area contributed by atoms with Crippen LogP contribution < -0.4 is 5.32 Å². The minimum absolute atomic E-state index is 0.00296. The zero-order valence-corrected chi connectivity index (χ0v) is 7.13. The normalized spacial score (nSPS) is 8.42. The van der Waals surface area contributed by atoms with Gasteiger partial charge in [0.15, 0.2) is 0 Å². The summed E-state index contributed by atoms with van der Waals surface area (Å²) in [5.74, 6) is -0.593. The fourth-order valence-electron chi connectivity index (χ4n) is 0.585. The maximum Gasteiger partial charge on any atom is 0.239 e. The first-order valence-electron chi connectivity index (χ1n) is 3.43. The number of amides is 2. The van der Waals surface area contributed by atoms with Crippen LogP contribution in [-0.4, -0.2) is 37.4 Å². The van der Waals surface area contributed by atoms with Gasteiger partial charge in [0, 0.05) is 14.1 Å². The molecule has 0 aromatic heterocycles. The van der Waals surface area contributed by atoms with E-state index in [2.05, 4.69) is 5.32 Å². The standard InChI is InChI=1S/C7H11N3O2/c1-9-6(11)5-10(2)7(12)3-4-8/h3,5H2,1-2H3,(H,9,11). The van der Waals surface area contributed by atoms with Crippen molar-refractivity contribution in [3.63, 3.8) is 0 Å². The molecule has 0 aliphatic carbocycles. The molecule has 5 nitrogen and oxygen atoms in total. The van der Waals surface area contributed by atoms with Crippen LogP contribution in [0.4, 0.5) is 0 Å². The first-order valence-corrected chi connectivity index (χ1v) is 3.43. The van der Waals surface area contributed by atoms with E-state index in [1.54, 1.807) is 6.07 Å². The van der Waals surface area contributed by atoms with Crippen LogP contribution in [0.3, 0.4) is 0 Å². The molecule has 0 spiro atoms. The molecule has 0 saturated heterocycles. The van der Waals surface area contributed by atoms with Crippen molar-refractivity contribution < 1.29 is 9.59 Å². The topological polar surface area (TPSA) is 73.2 Å². The summed E-state index contributed by atoms with van der Waals surface area (Å²) in [5, 5.41) is 10.6. The van der Waals surface area contributed by atoms with Gasteiger partial charge in [-0.2, -0.15) is 5.26 Å². The van der Waals surface area contributed by atoms with Crippen molar-refractivity contribution in [2.75, 3.05) is 20.6 Å². The number of nitrogens with zero attached hydrogens (tertiary/aromatic N) is 2. The molecule has 0 saturated carbocycles. The summed E-state index contributed by atoms with van der Waals surface area (Å²) in [5.41, 5.74) is 0. The average molecular weight is 169 g/mol. The van der Waals surface area contributed by atoms with Crippen LogP contribution in [0.1, 0.15) is 6.42 Å². The van der Waals surface area contributed by atoms with Crippen LogP contribution in [0.25, 0.3) is 0 Å². The second-order valence-corrected chi connectivity index (χ2v) is 2.26. The Morgan fingerprint density at radius 3 is 2.58 bits per heavy atom. The average Bonchev–Trinajstić information content (AvgIpc) is 2.04. The number of hydrogen-bond acceptors (Lipinski definition) is 3. The zero-order chi connectivity index (χ0) is 9.56. The largest absolute Gasteiger partial charge is 0.358 e. The fourth-order valence-corrected chi connectivity index (χ4v) is 0.585. The summed E-state index contributed by atoms with van der Waals surface area (Å²) in [4.78, 5) is 22.9. The number of rotatable bonds is 3. The lowest BCUT2D eigenvalue weighted by atomic mass is 10.4. The monoisotopic (exact) mass is 169 g/mol. The predicted octanol–water partition coefficient (Wildman–Crippen LogP) is -0.896. The zero-order valence-electron chi connectivity index (χ0n) is 7.13. The third-order valence-electron chi connectivity index (χ3n) is 1.32. The third kappa shape index (κ3) is 3.56. The molecule has 0 rings (SSSR count). The Labute approximate surface area is 71.0 Å². The Morgan fingerprint density at radius 2 is 2.17 bits per heavy atom. The first-order chi connectivity index (χ1) is 5.61. The van der Waals surface area contributed by atoms with Crippen molar-refractivity contribution in [3.05, 3.63) is 0 Å². The molecule has 1 N–H and O–H groups in total. The van der Waals surface area contributed by atoms with Crippen molar-refractivity contribution in [2.45, 2.75) is 6.42 Å². The minimum Gasteiger partial charge on any atom is -0.358 e. The molecule has 0 heterocycles. The van der Waals surface area contributed by atoms with E-state index in [4.69, 9.17) is 5.26 Å². The summed E-state index contributed by atoms with van der Waals surface area (Å²) in [6, 6.07) is 1.72. The molecule has 0 bridgehead atoms. The Balaban J connectivity index is 3.88. The van der Waals surface area contributed by atoms with E-state index in [1.807, 2.05) is 0 Å². The molecule has 0 fully saturated rings. The molecular weight excluding hydrogens is 158 g/mol. The lowest BCUT2D eigenvalue weighted by Crippen LogP contribution is -2.36. The van der Waals surface area contributed by atoms with Gasteiger partial charge in [0.25, 0.3) is 0 Å². The maximum atomic E-state index is 10.9. The number of carbonyl (C=O) groups excluding carboxylic acids is 2. The minimum atomic E-state index is -0.346. The molecule has 2 amide bonds. The molecule has 0 aromatic carbocycles. The van der Waals surface area contributed by atoms with Gasteiger partial charge < -0.3 is 10.2 Å². The number of nitriles is 1. The third-order valence-corrected chi connectivity index (χ3v) is 1.32. The second-order valence-electron chi connectivity index (χ2n) is 2.26. The summed E-state index contributed by atoms with van der Waals surface area (Å²) in [6.07, 6.45) is -0.187. The summed E-state index contributed by atoms with van der Waals surface area (Å²) in [7, 11) is 2.97. The highest BCUT2D eigenvalue weighted by Crippen LogP contribution is 1.88.